The van der Waals surface area contributed by atoms with E-state index in [1.54, 1.807) is 6.20 Å². The Morgan fingerprint density at radius 2 is 2.26 bits per heavy atom. The van der Waals surface area contributed by atoms with Gasteiger partial charge in [0.25, 0.3) is 0 Å². The van der Waals surface area contributed by atoms with Crippen LogP contribution in [0.5, 0.6) is 0 Å². The summed E-state index contributed by atoms with van der Waals surface area (Å²) < 4.78 is 6.86. The molecule has 0 radical (unpaired) electrons. The van der Waals surface area contributed by atoms with Gasteiger partial charge in [-0.1, -0.05) is 27.7 Å². The molecule has 3 nitrogen and oxygen atoms in total. The van der Waals surface area contributed by atoms with E-state index in [1.165, 1.54) is 0 Å². The van der Waals surface area contributed by atoms with Crippen LogP contribution in [0.4, 0.5) is 5.69 Å². The van der Waals surface area contributed by atoms with Gasteiger partial charge in [-0.3, -0.25) is 0 Å². The number of aromatic nitrogens is 1. The molecule has 1 fully saturated rings. The van der Waals surface area contributed by atoms with E-state index in [0.29, 0.717) is 18.1 Å². The van der Waals surface area contributed by atoms with Crippen molar-refractivity contribution in [3.8, 4) is 0 Å². The van der Waals surface area contributed by atoms with Crippen LogP contribution in [0.1, 0.15) is 34.1 Å². The quantitative estimate of drug-likeness (QED) is 0.827. The maximum atomic E-state index is 5.99. The lowest BCUT2D eigenvalue weighted by atomic mass is 9.64. The monoisotopic (exact) mass is 326 g/mol. The minimum absolute atomic E-state index is 0.157. The maximum absolute atomic E-state index is 5.99. The highest BCUT2D eigenvalue weighted by Gasteiger charge is 2.49. The zero-order valence-electron chi connectivity index (χ0n) is 12.1. The molecule has 106 valence electrons. The summed E-state index contributed by atoms with van der Waals surface area (Å²) >= 11 is 3.48. The second-order valence-corrected chi connectivity index (χ2v) is 7.06. The summed E-state index contributed by atoms with van der Waals surface area (Å²) in [6, 6.07) is 4.44. The molecule has 1 heterocycles. The van der Waals surface area contributed by atoms with E-state index < -0.39 is 0 Å². The Morgan fingerprint density at radius 3 is 2.84 bits per heavy atom. The first-order valence-corrected chi connectivity index (χ1v) is 7.69. The Kier molecular flexibility index (Phi) is 4.51. The lowest BCUT2D eigenvalue weighted by Gasteiger charge is -2.52. The van der Waals surface area contributed by atoms with Crippen molar-refractivity contribution < 1.29 is 4.74 Å². The topological polar surface area (TPSA) is 34.1 Å². The smallest absolute Gasteiger partial charge is 0.129 e. The molecular weight excluding hydrogens is 304 g/mol. The minimum atomic E-state index is 0.157. The fraction of sp³-hybridized carbons (Fsp3) is 0.667. The molecule has 1 saturated carbocycles. The highest BCUT2D eigenvalue weighted by molar-refractivity contribution is 9.10. The minimum Gasteiger partial charge on any atom is -0.379 e. The van der Waals surface area contributed by atoms with Gasteiger partial charge in [-0.15, -0.1) is 0 Å². The van der Waals surface area contributed by atoms with Crippen molar-refractivity contribution >= 4 is 21.6 Å². The lowest BCUT2D eigenvalue weighted by molar-refractivity contribution is -0.108. The Bertz CT molecular complexity index is 434. The Balaban J connectivity index is 1.93. The molecular formula is C15H23BrN2O. The molecule has 1 aromatic rings. The highest BCUT2D eigenvalue weighted by Crippen LogP contribution is 2.45. The van der Waals surface area contributed by atoms with Gasteiger partial charge in [0.1, 0.15) is 4.60 Å². The van der Waals surface area contributed by atoms with Gasteiger partial charge in [0.15, 0.2) is 0 Å². The summed E-state index contributed by atoms with van der Waals surface area (Å²) in [6.45, 7) is 9.76. The Morgan fingerprint density at radius 1 is 1.53 bits per heavy atom. The summed E-state index contributed by atoms with van der Waals surface area (Å²) in [5, 5.41) is 3.57. The molecule has 0 aromatic carbocycles. The lowest BCUT2D eigenvalue weighted by Crippen LogP contribution is -2.58. The van der Waals surface area contributed by atoms with Crippen molar-refractivity contribution in [2.45, 2.75) is 46.3 Å². The van der Waals surface area contributed by atoms with Crippen molar-refractivity contribution in [1.29, 1.82) is 0 Å². The van der Waals surface area contributed by atoms with Crippen molar-refractivity contribution in [3.05, 3.63) is 22.9 Å². The number of ether oxygens (including phenoxy) is 1. The molecule has 0 spiro atoms. The molecule has 1 aromatic heterocycles. The average molecular weight is 327 g/mol. The van der Waals surface area contributed by atoms with Crippen LogP contribution in [0.25, 0.3) is 0 Å². The van der Waals surface area contributed by atoms with Gasteiger partial charge in [0.2, 0.25) is 0 Å². The number of anilines is 1. The molecule has 2 rings (SSSR count). The number of halogens is 1. The molecule has 2 atom stereocenters. The molecule has 0 aliphatic heterocycles. The molecule has 1 aliphatic rings. The molecule has 0 amide bonds. The SMILES string of the molecule is CC(C)COC1CC(Nc2cccnc2Br)C1(C)C. The van der Waals surface area contributed by atoms with E-state index in [9.17, 15) is 0 Å². The first kappa shape index (κ1) is 14.8. The molecule has 0 saturated heterocycles. The van der Waals surface area contributed by atoms with Gasteiger partial charge in [0, 0.05) is 24.3 Å². The Labute approximate surface area is 124 Å². The number of nitrogens with one attached hydrogen (secondary N) is 1. The third-order valence-electron chi connectivity index (χ3n) is 3.90. The fourth-order valence-electron chi connectivity index (χ4n) is 2.40. The van der Waals surface area contributed by atoms with Crippen LogP contribution in [0.2, 0.25) is 0 Å². The first-order valence-electron chi connectivity index (χ1n) is 6.90. The highest BCUT2D eigenvalue weighted by atomic mass is 79.9. The van der Waals surface area contributed by atoms with E-state index in [2.05, 4.69) is 60.0 Å². The summed E-state index contributed by atoms with van der Waals surface area (Å²) in [5.74, 6) is 0.593. The maximum Gasteiger partial charge on any atom is 0.129 e. The number of nitrogens with zero attached hydrogens (tertiary/aromatic N) is 1. The van der Waals surface area contributed by atoms with Gasteiger partial charge in [-0.25, -0.2) is 4.98 Å². The molecule has 1 N–H and O–H groups in total. The molecule has 19 heavy (non-hydrogen) atoms. The van der Waals surface area contributed by atoms with Crippen LogP contribution in [0.3, 0.4) is 0 Å². The van der Waals surface area contributed by atoms with Crippen LogP contribution < -0.4 is 5.32 Å². The normalized spacial score (nSPS) is 25.2. The number of pyridine rings is 1. The zero-order valence-corrected chi connectivity index (χ0v) is 13.7. The predicted molar refractivity (Wildman–Crippen MR) is 82.3 cm³/mol. The number of hydrogen-bond donors (Lipinski definition) is 1. The van der Waals surface area contributed by atoms with E-state index in [4.69, 9.17) is 4.74 Å². The Hall–Kier alpha value is -0.610. The molecule has 2 unspecified atom stereocenters. The van der Waals surface area contributed by atoms with Gasteiger partial charge in [0.05, 0.1) is 11.8 Å². The summed E-state index contributed by atoms with van der Waals surface area (Å²) in [6.07, 6.45) is 3.19. The molecule has 1 aliphatic carbocycles. The first-order chi connectivity index (χ1) is 8.91. The van der Waals surface area contributed by atoms with Gasteiger partial charge in [-0.05, 0) is 40.4 Å². The fourth-order valence-corrected chi connectivity index (χ4v) is 2.77. The van der Waals surface area contributed by atoms with Crippen molar-refractivity contribution in [1.82, 2.24) is 4.98 Å². The van der Waals surface area contributed by atoms with E-state index >= 15 is 0 Å². The van der Waals surface area contributed by atoms with E-state index in [1.807, 2.05) is 6.07 Å². The van der Waals surface area contributed by atoms with Crippen molar-refractivity contribution in [2.75, 3.05) is 11.9 Å². The second kappa shape index (κ2) is 5.80. The van der Waals surface area contributed by atoms with Crippen LogP contribution in [0.15, 0.2) is 22.9 Å². The van der Waals surface area contributed by atoms with Gasteiger partial charge in [-0.2, -0.15) is 0 Å². The summed E-state index contributed by atoms with van der Waals surface area (Å²) in [5.41, 5.74) is 1.22. The second-order valence-electron chi connectivity index (χ2n) is 6.31. The third kappa shape index (κ3) is 3.29. The summed E-state index contributed by atoms with van der Waals surface area (Å²) in [4.78, 5) is 4.24. The van der Waals surface area contributed by atoms with Gasteiger partial charge >= 0.3 is 0 Å². The van der Waals surface area contributed by atoms with Crippen LogP contribution in [-0.2, 0) is 4.74 Å². The van der Waals surface area contributed by atoms with Gasteiger partial charge < -0.3 is 10.1 Å². The third-order valence-corrected chi connectivity index (χ3v) is 4.53. The molecule has 0 bridgehead atoms. The van der Waals surface area contributed by atoms with E-state index in [0.717, 1.165) is 23.3 Å². The van der Waals surface area contributed by atoms with Crippen molar-refractivity contribution in [3.63, 3.8) is 0 Å². The van der Waals surface area contributed by atoms with Crippen LogP contribution >= 0.6 is 15.9 Å². The van der Waals surface area contributed by atoms with Crippen LogP contribution in [-0.4, -0.2) is 23.7 Å². The zero-order chi connectivity index (χ0) is 14.0. The summed E-state index contributed by atoms with van der Waals surface area (Å²) in [7, 11) is 0. The predicted octanol–water partition coefficient (Wildman–Crippen LogP) is 4.10. The molecule has 4 heteroatoms. The largest absolute Gasteiger partial charge is 0.379 e. The average Bonchev–Trinajstić information content (AvgIpc) is 2.34. The number of rotatable bonds is 5. The number of hydrogen-bond acceptors (Lipinski definition) is 3. The van der Waals surface area contributed by atoms with Crippen molar-refractivity contribution in [2.24, 2.45) is 11.3 Å². The van der Waals surface area contributed by atoms with Crippen LogP contribution in [0, 0.1) is 11.3 Å². The van der Waals surface area contributed by atoms with E-state index in [-0.39, 0.29) is 5.41 Å². The standard InChI is InChI=1S/C15H23BrN2O/c1-10(2)9-19-13-8-12(15(13,3)4)18-11-6-5-7-17-14(11)16/h5-7,10,12-13,18H,8-9H2,1-4H3.